The van der Waals surface area contributed by atoms with Crippen molar-refractivity contribution in [2.45, 2.75) is 13.8 Å². The summed E-state index contributed by atoms with van der Waals surface area (Å²) in [5, 5.41) is 9.99. The summed E-state index contributed by atoms with van der Waals surface area (Å²) in [6.07, 6.45) is 0. The average Bonchev–Trinajstić information content (AvgIpc) is 4.40. The zero-order valence-electron chi connectivity index (χ0n) is 43.3. The third-order valence-corrected chi connectivity index (χ3v) is 15.9. The molecular weight excluding hydrogens is 945 g/mol. The lowest BCUT2D eigenvalue weighted by Crippen LogP contribution is -1.96. The van der Waals surface area contributed by atoms with E-state index >= 15 is 0 Å². The standard InChI is InChI=1S/C72H46N4.C2H6/c1-7-31-65-57(25-1)58-26-2-8-32-66(58)75(65)55-37-39-71-63(45-55)61-29-5-11-35-69(61)73(71)53-23-15-21-51(43-53)49-19-13-17-47(41-49)48-18-14-20-50(42-48)52-22-16-24-54(44-52)74-70-36-12-6-30-62(70)64-46-56(38-40-72(64)74)76-67-33-9-3-27-59(67)60-28-4-10-34-68(60)76;1-2/h1-46H;1-2H3. The molecule has 368 valence electrons. The van der Waals surface area contributed by atoms with Crippen LogP contribution in [0.1, 0.15) is 13.8 Å². The van der Waals surface area contributed by atoms with Crippen molar-refractivity contribution in [1.82, 2.24) is 18.3 Å². The molecule has 0 aliphatic rings. The molecule has 0 atom stereocenters. The number of hydrogen-bond donors (Lipinski definition) is 0. The van der Waals surface area contributed by atoms with Crippen molar-refractivity contribution in [3.8, 4) is 56.1 Å². The zero-order chi connectivity index (χ0) is 51.8. The van der Waals surface area contributed by atoms with Crippen LogP contribution < -0.4 is 0 Å². The van der Waals surface area contributed by atoms with Crippen molar-refractivity contribution >= 4 is 87.2 Å². The number of hydrogen-bond acceptors (Lipinski definition) is 0. The van der Waals surface area contributed by atoms with Crippen LogP contribution in [0.15, 0.2) is 279 Å². The molecule has 0 unspecified atom stereocenters. The predicted octanol–water partition coefficient (Wildman–Crippen LogP) is 20.1. The Morgan fingerprint density at radius 1 is 0.167 bits per heavy atom. The quantitative estimate of drug-likeness (QED) is 0.152. The first kappa shape index (κ1) is 45.3. The Morgan fingerprint density at radius 3 is 0.679 bits per heavy atom. The van der Waals surface area contributed by atoms with Crippen LogP contribution in [-0.4, -0.2) is 18.3 Å². The molecule has 0 saturated heterocycles. The van der Waals surface area contributed by atoms with E-state index in [1.807, 2.05) is 13.8 Å². The van der Waals surface area contributed by atoms with Crippen LogP contribution in [0.5, 0.6) is 0 Å². The Kier molecular flexibility index (Phi) is 10.6. The van der Waals surface area contributed by atoms with Crippen LogP contribution in [0.2, 0.25) is 0 Å². The van der Waals surface area contributed by atoms with E-state index in [1.165, 1.54) is 121 Å². The molecule has 0 aliphatic heterocycles. The molecule has 0 spiro atoms. The third-order valence-electron chi connectivity index (χ3n) is 15.9. The molecule has 4 nitrogen and oxygen atoms in total. The van der Waals surface area contributed by atoms with Gasteiger partial charge in [-0.25, -0.2) is 0 Å². The first-order chi connectivity index (χ1) is 38.7. The van der Waals surface area contributed by atoms with E-state index in [9.17, 15) is 0 Å². The molecule has 0 amide bonds. The van der Waals surface area contributed by atoms with Gasteiger partial charge >= 0.3 is 0 Å². The Labute approximate surface area is 452 Å². The van der Waals surface area contributed by atoms with Gasteiger partial charge in [-0.05, 0) is 143 Å². The number of benzene rings is 12. The minimum atomic E-state index is 1.13. The first-order valence-electron chi connectivity index (χ1n) is 27.2. The van der Waals surface area contributed by atoms with Crippen LogP contribution in [0.4, 0.5) is 0 Å². The molecule has 4 heteroatoms. The highest BCUT2D eigenvalue weighted by atomic mass is 15.0. The molecular formula is C74H52N4. The highest BCUT2D eigenvalue weighted by Crippen LogP contribution is 2.41. The van der Waals surface area contributed by atoms with Gasteiger partial charge in [-0.1, -0.05) is 184 Å². The van der Waals surface area contributed by atoms with E-state index < -0.39 is 0 Å². The summed E-state index contributed by atoms with van der Waals surface area (Å²) in [7, 11) is 0. The Hall–Kier alpha value is -10.2. The summed E-state index contributed by atoms with van der Waals surface area (Å²) in [6, 6.07) is 102. The van der Waals surface area contributed by atoms with Crippen molar-refractivity contribution < 1.29 is 0 Å². The topological polar surface area (TPSA) is 19.7 Å². The summed E-state index contributed by atoms with van der Waals surface area (Å²) in [5.41, 5.74) is 21.2. The van der Waals surface area contributed by atoms with Gasteiger partial charge in [-0.2, -0.15) is 0 Å². The third kappa shape index (κ3) is 7.07. The maximum Gasteiger partial charge on any atom is 0.0542 e. The Balaban J connectivity index is 0.00000262. The average molecular weight is 997 g/mol. The predicted molar refractivity (Wildman–Crippen MR) is 331 cm³/mol. The zero-order valence-corrected chi connectivity index (χ0v) is 43.3. The van der Waals surface area contributed by atoms with E-state index in [2.05, 4.69) is 297 Å². The molecule has 16 rings (SSSR count). The van der Waals surface area contributed by atoms with Gasteiger partial charge < -0.3 is 18.3 Å². The normalized spacial score (nSPS) is 11.7. The monoisotopic (exact) mass is 996 g/mol. The number of fused-ring (bicyclic) bond motifs is 12. The molecule has 16 aromatic rings. The maximum absolute atomic E-state index is 2.43. The molecule has 78 heavy (non-hydrogen) atoms. The highest BCUT2D eigenvalue weighted by Gasteiger charge is 2.19. The Bertz CT molecular complexity index is 4590. The van der Waals surface area contributed by atoms with Crippen molar-refractivity contribution in [3.63, 3.8) is 0 Å². The van der Waals surface area contributed by atoms with Gasteiger partial charge in [0.05, 0.1) is 44.1 Å². The number of aromatic nitrogens is 4. The lowest BCUT2D eigenvalue weighted by atomic mass is 9.96. The van der Waals surface area contributed by atoms with Crippen LogP contribution in [0, 0.1) is 0 Å². The second-order valence-electron chi connectivity index (χ2n) is 20.1. The van der Waals surface area contributed by atoms with Gasteiger partial charge in [0.2, 0.25) is 0 Å². The van der Waals surface area contributed by atoms with Crippen molar-refractivity contribution in [3.05, 3.63) is 279 Å². The van der Waals surface area contributed by atoms with Crippen LogP contribution >= 0.6 is 0 Å². The fraction of sp³-hybridized carbons (Fsp3) is 0.0270. The SMILES string of the molecule is CC.c1cc(-c2cccc(-c3cccc(-n4c5ccccc5c5cc(-n6c7ccccc7c7ccccc76)ccc54)c3)c2)cc(-c2cccc(-n3c4ccccc4c4cc(-n5c6ccccc6c6ccccc65)ccc43)c2)c1. The van der Waals surface area contributed by atoms with Crippen molar-refractivity contribution in [2.75, 3.05) is 0 Å². The van der Waals surface area contributed by atoms with Gasteiger partial charge in [0, 0.05) is 65.8 Å². The van der Waals surface area contributed by atoms with Gasteiger partial charge in [0.1, 0.15) is 0 Å². The van der Waals surface area contributed by atoms with Crippen molar-refractivity contribution in [2.24, 2.45) is 0 Å². The molecule has 0 bridgehead atoms. The van der Waals surface area contributed by atoms with Crippen molar-refractivity contribution in [1.29, 1.82) is 0 Å². The second-order valence-corrected chi connectivity index (χ2v) is 20.1. The van der Waals surface area contributed by atoms with E-state index in [0.717, 1.165) is 22.7 Å². The largest absolute Gasteiger partial charge is 0.309 e. The molecule has 0 radical (unpaired) electrons. The van der Waals surface area contributed by atoms with E-state index in [4.69, 9.17) is 0 Å². The summed E-state index contributed by atoms with van der Waals surface area (Å²) < 4.78 is 9.67. The molecule has 4 heterocycles. The van der Waals surface area contributed by atoms with Crippen LogP contribution in [0.25, 0.3) is 143 Å². The minimum Gasteiger partial charge on any atom is -0.309 e. The van der Waals surface area contributed by atoms with Gasteiger partial charge in [-0.15, -0.1) is 0 Å². The lowest BCUT2D eigenvalue weighted by Gasteiger charge is -2.13. The second kappa shape index (κ2) is 18.3. The fourth-order valence-corrected chi connectivity index (χ4v) is 12.6. The van der Waals surface area contributed by atoms with Gasteiger partial charge in [-0.3, -0.25) is 0 Å². The molecule has 0 fully saturated rings. The van der Waals surface area contributed by atoms with Gasteiger partial charge in [0.25, 0.3) is 0 Å². The van der Waals surface area contributed by atoms with E-state index in [1.54, 1.807) is 0 Å². The lowest BCUT2D eigenvalue weighted by molar-refractivity contribution is 1.17. The van der Waals surface area contributed by atoms with E-state index in [0.29, 0.717) is 0 Å². The minimum absolute atomic E-state index is 1.13. The summed E-state index contributed by atoms with van der Waals surface area (Å²) in [4.78, 5) is 0. The number of rotatable bonds is 7. The molecule has 0 N–H and O–H groups in total. The smallest absolute Gasteiger partial charge is 0.0542 e. The molecule has 12 aromatic carbocycles. The Morgan fingerprint density at radius 2 is 0.385 bits per heavy atom. The molecule has 0 saturated carbocycles. The van der Waals surface area contributed by atoms with Gasteiger partial charge in [0.15, 0.2) is 0 Å². The fourth-order valence-electron chi connectivity index (χ4n) is 12.6. The van der Waals surface area contributed by atoms with Crippen LogP contribution in [-0.2, 0) is 0 Å². The molecule has 0 aliphatic carbocycles. The highest BCUT2D eigenvalue weighted by molar-refractivity contribution is 6.14. The summed E-state index contributed by atoms with van der Waals surface area (Å²) in [6.45, 7) is 4.00. The maximum atomic E-state index is 2.43. The number of nitrogens with zero attached hydrogens (tertiary/aromatic N) is 4. The van der Waals surface area contributed by atoms with E-state index in [-0.39, 0.29) is 0 Å². The molecule has 4 aromatic heterocycles. The number of para-hydroxylation sites is 6. The summed E-state index contributed by atoms with van der Waals surface area (Å²) >= 11 is 0. The summed E-state index contributed by atoms with van der Waals surface area (Å²) in [5.74, 6) is 0. The van der Waals surface area contributed by atoms with Crippen LogP contribution in [0.3, 0.4) is 0 Å². The first-order valence-corrected chi connectivity index (χ1v) is 27.2.